The second kappa shape index (κ2) is 9.11. The summed E-state index contributed by atoms with van der Waals surface area (Å²) in [4.78, 5) is 30.2. The summed E-state index contributed by atoms with van der Waals surface area (Å²) in [7, 11) is 0. The number of nitrogen functional groups attached to an aromatic ring is 2. The van der Waals surface area contributed by atoms with Crippen LogP contribution in [0.2, 0.25) is 0 Å². The average molecular weight is 438 g/mol. The molecule has 0 atom stereocenters. The zero-order valence-corrected chi connectivity index (χ0v) is 18.2. The zero-order chi connectivity index (χ0) is 23.5. The lowest BCUT2D eigenvalue weighted by Gasteiger charge is -2.23. The van der Waals surface area contributed by atoms with E-state index in [9.17, 15) is 9.59 Å². The van der Waals surface area contributed by atoms with Gasteiger partial charge in [0.25, 0.3) is 5.56 Å². The molecule has 0 radical (unpaired) electrons. The Kier molecular flexibility index (Phi) is 6.50. The first kappa shape index (κ1) is 22.8. The van der Waals surface area contributed by atoms with Crippen molar-refractivity contribution in [2.45, 2.75) is 32.6 Å². The first-order valence-electron chi connectivity index (χ1n) is 10.1. The van der Waals surface area contributed by atoms with E-state index in [2.05, 4.69) is 15.4 Å². The summed E-state index contributed by atoms with van der Waals surface area (Å²) in [5, 5.41) is 9.15. The lowest BCUT2D eigenvalue weighted by molar-refractivity contribution is -0.138. The van der Waals surface area contributed by atoms with Crippen LogP contribution in [0.4, 0.5) is 11.5 Å². The number of carbonyl (C=O) groups is 1. The number of carboxylic acids is 1. The third kappa shape index (κ3) is 4.73. The number of rotatable bonds is 8. The fourth-order valence-corrected chi connectivity index (χ4v) is 3.49. The standard InChI is InChI=1S/C23H27N5O4/c1-4-32-17-11-14(13-5-8-15(9-6-13)23(2,3)12-18(29)30)7-10-16(17)20-26-21(28-25)19(24)22(31)27-20/h5-11H,4,12,24-25H2,1-3H3,(H,29,30)(H2,26,27,28,31). The van der Waals surface area contributed by atoms with Gasteiger partial charge in [-0.3, -0.25) is 9.59 Å². The molecule has 0 fully saturated rings. The van der Waals surface area contributed by atoms with Gasteiger partial charge in [0, 0.05) is 5.41 Å². The van der Waals surface area contributed by atoms with Crippen LogP contribution in [0.5, 0.6) is 5.75 Å². The Labute approximate surface area is 185 Å². The molecule has 9 heteroatoms. The highest BCUT2D eigenvalue weighted by Crippen LogP contribution is 2.34. The summed E-state index contributed by atoms with van der Waals surface area (Å²) < 4.78 is 5.81. The summed E-state index contributed by atoms with van der Waals surface area (Å²) in [5.74, 6) is 5.48. The molecule has 0 unspecified atom stereocenters. The fraction of sp³-hybridized carbons (Fsp3) is 0.261. The first-order chi connectivity index (χ1) is 15.2. The van der Waals surface area contributed by atoms with E-state index >= 15 is 0 Å². The number of nitrogens with zero attached hydrogens (tertiary/aromatic N) is 1. The number of aromatic amines is 1. The Morgan fingerprint density at radius 3 is 2.44 bits per heavy atom. The molecule has 3 rings (SSSR count). The largest absolute Gasteiger partial charge is 0.493 e. The molecule has 0 saturated heterocycles. The summed E-state index contributed by atoms with van der Waals surface area (Å²) >= 11 is 0. The summed E-state index contributed by atoms with van der Waals surface area (Å²) in [6.45, 7) is 6.09. The Morgan fingerprint density at radius 1 is 1.19 bits per heavy atom. The van der Waals surface area contributed by atoms with Crippen molar-refractivity contribution in [3.63, 3.8) is 0 Å². The van der Waals surface area contributed by atoms with Crippen molar-refractivity contribution in [3.05, 3.63) is 58.4 Å². The molecule has 3 aromatic rings. The molecule has 0 aliphatic rings. The molecule has 168 valence electrons. The number of carboxylic acid groups (broad SMARTS) is 1. The van der Waals surface area contributed by atoms with E-state index in [0.29, 0.717) is 17.9 Å². The van der Waals surface area contributed by atoms with Crippen LogP contribution in [-0.2, 0) is 10.2 Å². The van der Waals surface area contributed by atoms with Crippen LogP contribution in [0, 0.1) is 0 Å². The van der Waals surface area contributed by atoms with E-state index in [-0.39, 0.29) is 23.8 Å². The number of hydrogen-bond donors (Lipinski definition) is 5. The van der Waals surface area contributed by atoms with E-state index in [1.165, 1.54) is 0 Å². The lowest BCUT2D eigenvalue weighted by atomic mass is 9.81. The molecular formula is C23H27N5O4. The van der Waals surface area contributed by atoms with Crippen molar-refractivity contribution in [1.29, 1.82) is 0 Å². The van der Waals surface area contributed by atoms with Crippen LogP contribution >= 0.6 is 0 Å². The van der Waals surface area contributed by atoms with Gasteiger partial charge in [-0.25, -0.2) is 10.8 Å². The quantitative estimate of drug-likeness (QED) is 0.266. The molecule has 0 spiro atoms. The molecule has 1 aromatic heterocycles. The van der Waals surface area contributed by atoms with Gasteiger partial charge in [-0.15, -0.1) is 0 Å². The number of hydrogen-bond acceptors (Lipinski definition) is 7. The van der Waals surface area contributed by atoms with Crippen molar-refractivity contribution in [2.75, 3.05) is 17.8 Å². The number of ether oxygens (including phenoxy) is 1. The van der Waals surface area contributed by atoms with Crippen LogP contribution in [0.25, 0.3) is 22.5 Å². The maximum Gasteiger partial charge on any atom is 0.304 e. The number of anilines is 2. The van der Waals surface area contributed by atoms with Gasteiger partial charge in [0.1, 0.15) is 17.3 Å². The molecule has 0 amide bonds. The minimum Gasteiger partial charge on any atom is -0.493 e. The van der Waals surface area contributed by atoms with Crippen LogP contribution in [-0.4, -0.2) is 27.7 Å². The van der Waals surface area contributed by atoms with Gasteiger partial charge in [0.05, 0.1) is 18.6 Å². The topological polar surface area (TPSA) is 156 Å². The molecule has 0 bridgehead atoms. The molecule has 0 aliphatic heterocycles. The van der Waals surface area contributed by atoms with E-state index in [1.807, 2.05) is 57.2 Å². The highest BCUT2D eigenvalue weighted by Gasteiger charge is 2.24. The minimum atomic E-state index is -0.835. The van der Waals surface area contributed by atoms with E-state index < -0.39 is 16.9 Å². The number of nitrogens with one attached hydrogen (secondary N) is 2. The second-order valence-corrected chi connectivity index (χ2v) is 8.00. The molecule has 0 aliphatic carbocycles. The van der Waals surface area contributed by atoms with Gasteiger partial charge in [-0.1, -0.05) is 44.2 Å². The number of hydrazine groups is 1. The Balaban J connectivity index is 2.01. The summed E-state index contributed by atoms with van der Waals surface area (Å²) in [5.41, 5.74) is 10.3. The number of benzene rings is 2. The monoisotopic (exact) mass is 437 g/mol. The van der Waals surface area contributed by atoms with Crippen LogP contribution < -0.4 is 27.3 Å². The maximum absolute atomic E-state index is 12.1. The Bertz CT molecular complexity index is 1190. The first-order valence-corrected chi connectivity index (χ1v) is 10.1. The highest BCUT2D eigenvalue weighted by atomic mass is 16.5. The van der Waals surface area contributed by atoms with Gasteiger partial charge in [0.15, 0.2) is 5.82 Å². The minimum absolute atomic E-state index is 0.0436. The number of nitrogens with two attached hydrogens (primary N) is 2. The highest BCUT2D eigenvalue weighted by molar-refractivity contribution is 5.75. The van der Waals surface area contributed by atoms with Crippen LogP contribution in [0.15, 0.2) is 47.3 Å². The van der Waals surface area contributed by atoms with Crippen molar-refractivity contribution in [2.24, 2.45) is 5.84 Å². The van der Waals surface area contributed by atoms with Gasteiger partial charge in [-0.2, -0.15) is 0 Å². The third-order valence-electron chi connectivity index (χ3n) is 5.22. The third-order valence-corrected chi connectivity index (χ3v) is 5.22. The van der Waals surface area contributed by atoms with Gasteiger partial charge in [-0.05, 0) is 35.7 Å². The van der Waals surface area contributed by atoms with Crippen molar-refractivity contribution in [1.82, 2.24) is 9.97 Å². The van der Waals surface area contributed by atoms with Gasteiger partial charge < -0.3 is 26.0 Å². The normalized spacial score (nSPS) is 11.2. The summed E-state index contributed by atoms with van der Waals surface area (Å²) in [6.07, 6.45) is 0.0436. The van der Waals surface area contributed by atoms with E-state index in [1.54, 1.807) is 6.07 Å². The number of aromatic nitrogens is 2. The van der Waals surface area contributed by atoms with Gasteiger partial charge in [0.2, 0.25) is 0 Å². The van der Waals surface area contributed by atoms with Crippen molar-refractivity contribution in [3.8, 4) is 28.3 Å². The van der Waals surface area contributed by atoms with E-state index in [4.69, 9.17) is 21.4 Å². The van der Waals surface area contributed by atoms with Crippen molar-refractivity contribution >= 4 is 17.5 Å². The number of aliphatic carboxylic acids is 1. The van der Waals surface area contributed by atoms with E-state index in [0.717, 1.165) is 16.7 Å². The SMILES string of the molecule is CCOc1cc(-c2ccc(C(C)(C)CC(=O)O)cc2)ccc1-c1nc(NN)c(N)c(=O)[nH]1. The average Bonchev–Trinajstić information content (AvgIpc) is 2.75. The van der Waals surface area contributed by atoms with Crippen LogP contribution in [0.1, 0.15) is 32.8 Å². The zero-order valence-electron chi connectivity index (χ0n) is 18.2. The molecular weight excluding hydrogens is 410 g/mol. The summed E-state index contributed by atoms with van der Waals surface area (Å²) in [6, 6.07) is 13.3. The molecule has 0 saturated carbocycles. The second-order valence-electron chi connectivity index (χ2n) is 8.00. The lowest BCUT2D eigenvalue weighted by Crippen LogP contribution is -2.21. The van der Waals surface area contributed by atoms with Crippen molar-refractivity contribution < 1.29 is 14.6 Å². The predicted octanol–water partition coefficient (Wildman–Crippen LogP) is 3.12. The van der Waals surface area contributed by atoms with Crippen LogP contribution in [0.3, 0.4) is 0 Å². The Hall–Kier alpha value is -3.85. The fourth-order valence-electron chi connectivity index (χ4n) is 3.49. The smallest absolute Gasteiger partial charge is 0.304 e. The molecule has 1 heterocycles. The molecule has 32 heavy (non-hydrogen) atoms. The molecule has 2 aromatic carbocycles. The predicted molar refractivity (Wildman–Crippen MR) is 124 cm³/mol. The molecule has 7 N–H and O–H groups in total. The van der Waals surface area contributed by atoms with Gasteiger partial charge >= 0.3 is 5.97 Å². The molecule has 9 nitrogen and oxygen atoms in total. The Morgan fingerprint density at radius 2 is 1.84 bits per heavy atom. The maximum atomic E-state index is 12.1. The number of H-pyrrole nitrogens is 1.